The molecule has 0 bridgehead atoms. The molecule has 0 N–H and O–H groups in total. The molecule has 1 amide bonds. The first-order chi connectivity index (χ1) is 8.47. The third-order valence-electron chi connectivity index (χ3n) is 3.22. The molecule has 1 saturated carbocycles. The van der Waals surface area contributed by atoms with Crippen LogP contribution in [-0.4, -0.2) is 29.8 Å². The standard InChI is InChI=1S/C13H14Cl2FNO/c1-17(7-8-4-10(14)5-8)13(18)9-2-3-12(16)11(15)6-9/h2-3,6,8,10H,4-5,7H2,1H3. The van der Waals surface area contributed by atoms with Gasteiger partial charge in [0, 0.05) is 24.5 Å². The lowest BCUT2D eigenvalue weighted by atomic mass is 9.84. The van der Waals surface area contributed by atoms with Gasteiger partial charge >= 0.3 is 0 Å². The van der Waals surface area contributed by atoms with Gasteiger partial charge in [0.2, 0.25) is 0 Å². The highest BCUT2D eigenvalue weighted by molar-refractivity contribution is 6.31. The molecule has 1 fully saturated rings. The second-order valence-electron chi connectivity index (χ2n) is 4.75. The van der Waals surface area contributed by atoms with Crippen molar-refractivity contribution in [1.29, 1.82) is 0 Å². The van der Waals surface area contributed by atoms with Gasteiger partial charge in [-0.05, 0) is 37.0 Å². The van der Waals surface area contributed by atoms with Crippen molar-refractivity contribution in [2.75, 3.05) is 13.6 Å². The Hall–Kier alpha value is -0.800. The van der Waals surface area contributed by atoms with Crippen LogP contribution in [0.15, 0.2) is 18.2 Å². The molecule has 5 heteroatoms. The molecule has 98 valence electrons. The van der Waals surface area contributed by atoms with Crippen LogP contribution in [0, 0.1) is 11.7 Å². The molecular weight excluding hydrogens is 276 g/mol. The minimum Gasteiger partial charge on any atom is -0.341 e. The summed E-state index contributed by atoms with van der Waals surface area (Å²) in [5, 5.41) is 0.220. The van der Waals surface area contributed by atoms with Crippen LogP contribution in [0.1, 0.15) is 23.2 Å². The smallest absolute Gasteiger partial charge is 0.253 e. The maximum absolute atomic E-state index is 13.0. The monoisotopic (exact) mass is 289 g/mol. The van der Waals surface area contributed by atoms with E-state index in [1.165, 1.54) is 18.2 Å². The van der Waals surface area contributed by atoms with Crippen molar-refractivity contribution < 1.29 is 9.18 Å². The lowest BCUT2D eigenvalue weighted by Crippen LogP contribution is -2.37. The van der Waals surface area contributed by atoms with E-state index in [-0.39, 0.29) is 16.3 Å². The fraction of sp³-hybridized carbons (Fsp3) is 0.462. The Balaban J connectivity index is 1.99. The molecule has 1 aromatic rings. The van der Waals surface area contributed by atoms with E-state index in [1.54, 1.807) is 11.9 Å². The first kappa shape index (κ1) is 13.6. The maximum Gasteiger partial charge on any atom is 0.253 e. The normalized spacial score (nSPS) is 22.4. The number of halogens is 3. The zero-order chi connectivity index (χ0) is 13.3. The first-order valence-electron chi connectivity index (χ1n) is 5.82. The lowest BCUT2D eigenvalue weighted by Gasteiger charge is -2.34. The number of carbonyl (C=O) groups excluding carboxylic acids is 1. The summed E-state index contributed by atoms with van der Waals surface area (Å²) in [6.07, 6.45) is 1.90. The van der Waals surface area contributed by atoms with Gasteiger partial charge in [-0.3, -0.25) is 4.79 Å². The van der Waals surface area contributed by atoms with Crippen LogP contribution < -0.4 is 0 Å². The zero-order valence-electron chi connectivity index (χ0n) is 10.00. The molecule has 0 spiro atoms. The van der Waals surface area contributed by atoms with Crippen molar-refractivity contribution >= 4 is 29.1 Å². The van der Waals surface area contributed by atoms with Crippen molar-refractivity contribution in [1.82, 2.24) is 4.90 Å². The second kappa shape index (κ2) is 5.45. The molecule has 2 rings (SSSR count). The number of alkyl halides is 1. The maximum atomic E-state index is 13.0. The molecule has 18 heavy (non-hydrogen) atoms. The average molecular weight is 290 g/mol. The summed E-state index contributed by atoms with van der Waals surface area (Å²) in [5.74, 6) is -0.188. The molecule has 0 unspecified atom stereocenters. The lowest BCUT2D eigenvalue weighted by molar-refractivity contribution is 0.0747. The van der Waals surface area contributed by atoms with Crippen molar-refractivity contribution in [3.05, 3.63) is 34.6 Å². The van der Waals surface area contributed by atoms with E-state index < -0.39 is 5.82 Å². The number of amides is 1. The van der Waals surface area contributed by atoms with Gasteiger partial charge in [-0.15, -0.1) is 11.6 Å². The molecule has 1 aliphatic rings. The van der Waals surface area contributed by atoms with E-state index >= 15 is 0 Å². The predicted molar refractivity (Wildman–Crippen MR) is 70.7 cm³/mol. The van der Waals surface area contributed by atoms with E-state index in [1.807, 2.05) is 0 Å². The Labute approximate surface area is 116 Å². The minimum atomic E-state index is -0.514. The molecule has 0 saturated heterocycles. The minimum absolute atomic E-state index is 0.0290. The molecule has 0 radical (unpaired) electrons. The highest BCUT2D eigenvalue weighted by Crippen LogP contribution is 2.32. The summed E-state index contributed by atoms with van der Waals surface area (Å²) in [4.78, 5) is 13.7. The Bertz CT molecular complexity index is 460. The SMILES string of the molecule is CN(CC1CC(Cl)C1)C(=O)c1ccc(F)c(Cl)c1. The average Bonchev–Trinajstić information content (AvgIpc) is 2.29. The van der Waals surface area contributed by atoms with Gasteiger partial charge < -0.3 is 4.90 Å². The van der Waals surface area contributed by atoms with E-state index in [4.69, 9.17) is 23.2 Å². The van der Waals surface area contributed by atoms with Gasteiger partial charge in [0.1, 0.15) is 5.82 Å². The van der Waals surface area contributed by atoms with Crippen LogP contribution in [0.3, 0.4) is 0 Å². The zero-order valence-corrected chi connectivity index (χ0v) is 11.5. The number of hydrogen-bond acceptors (Lipinski definition) is 1. The fourth-order valence-electron chi connectivity index (χ4n) is 2.12. The molecular formula is C13H14Cl2FNO. The van der Waals surface area contributed by atoms with Gasteiger partial charge in [-0.1, -0.05) is 11.6 Å². The van der Waals surface area contributed by atoms with Crippen molar-refractivity contribution in [3.63, 3.8) is 0 Å². The summed E-state index contributed by atoms with van der Waals surface area (Å²) in [6.45, 7) is 0.678. The van der Waals surface area contributed by atoms with Crippen molar-refractivity contribution in [2.24, 2.45) is 5.92 Å². The third kappa shape index (κ3) is 2.96. The highest BCUT2D eigenvalue weighted by Gasteiger charge is 2.29. The Morgan fingerprint density at radius 1 is 1.50 bits per heavy atom. The number of nitrogens with zero attached hydrogens (tertiary/aromatic N) is 1. The van der Waals surface area contributed by atoms with Crippen LogP contribution in [0.2, 0.25) is 5.02 Å². The molecule has 2 nitrogen and oxygen atoms in total. The molecule has 0 aromatic heterocycles. The van der Waals surface area contributed by atoms with Gasteiger partial charge in [-0.2, -0.15) is 0 Å². The molecule has 0 atom stereocenters. The summed E-state index contributed by atoms with van der Waals surface area (Å²) >= 11 is 11.6. The molecule has 0 heterocycles. The number of carbonyl (C=O) groups is 1. The van der Waals surface area contributed by atoms with Gasteiger partial charge in [0.05, 0.1) is 5.02 Å². The van der Waals surface area contributed by atoms with E-state index in [9.17, 15) is 9.18 Å². The topological polar surface area (TPSA) is 20.3 Å². The summed E-state index contributed by atoms with van der Waals surface area (Å²) in [5.41, 5.74) is 0.408. The summed E-state index contributed by atoms with van der Waals surface area (Å²) < 4.78 is 13.0. The molecule has 1 aromatic carbocycles. The summed E-state index contributed by atoms with van der Waals surface area (Å²) in [6, 6.07) is 4.02. The van der Waals surface area contributed by atoms with Crippen LogP contribution in [0.25, 0.3) is 0 Å². The number of hydrogen-bond donors (Lipinski definition) is 0. The van der Waals surface area contributed by atoms with Crippen LogP contribution in [0.5, 0.6) is 0 Å². The predicted octanol–water partition coefficient (Wildman–Crippen LogP) is 3.57. The van der Waals surface area contributed by atoms with Crippen molar-refractivity contribution in [3.8, 4) is 0 Å². The number of rotatable bonds is 3. The Morgan fingerprint density at radius 2 is 2.17 bits per heavy atom. The Kier molecular flexibility index (Phi) is 4.13. The highest BCUT2D eigenvalue weighted by atomic mass is 35.5. The second-order valence-corrected chi connectivity index (χ2v) is 5.77. The van der Waals surface area contributed by atoms with Gasteiger partial charge in [-0.25, -0.2) is 4.39 Å². The first-order valence-corrected chi connectivity index (χ1v) is 6.63. The summed E-state index contributed by atoms with van der Waals surface area (Å²) in [7, 11) is 1.74. The van der Waals surface area contributed by atoms with Crippen LogP contribution in [0.4, 0.5) is 4.39 Å². The fourth-order valence-corrected chi connectivity index (χ4v) is 2.81. The third-order valence-corrected chi connectivity index (χ3v) is 3.87. The number of benzene rings is 1. The van der Waals surface area contributed by atoms with Crippen LogP contribution in [-0.2, 0) is 0 Å². The van der Waals surface area contributed by atoms with Crippen molar-refractivity contribution in [2.45, 2.75) is 18.2 Å². The van der Waals surface area contributed by atoms with Gasteiger partial charge in [0.15, 0.2) is 0 Å². The van der Waals surface area contributed by atoms with Gasteiger partial charge in [0.25, 0.3) is 5.91 Å². The molecule has 1 aliphatic carbocycles. The van der Waals surface area contributed by atoms with E-state index in [2.05, 4.69) is 0 Å². The van der Waals surface area contributed by atoms with E-state index in [0.717, 1.165) is 12.8 Å². The van der Waals surface area contributed by atoms with Crippen LogP contribution >= 0.6 is 23.2 Å². The quantitative estimate of drug-likeness (QED) is 0.779. The largest absolute Gasteiger partial charge is 0.341 e. The van der Waals surface area contributed by atoms with E-state index in [0.29, 0.717) is 18.0 Å². The Morgan fingerprint density at radius 3 is 2.72 bits per heavy atom. The molecule has 0 aliphatic heterocycles.